The summed E-state index contributed by atoms with van der Waals surface area (Å²) in [5.74, 6) is 0.785. The van der Waals surface area contributed by atoms with Crippen molar-refractivity contribution in [2.75, 3.05) is 26.3 Å². The predicted molar refractivity (Wildman–Crippen MR) is 94.7 cm³/mol. The van der Waals surface area contributed by atoms with E-state index in [1.165, 1.54) is 12.1 Å². The van der Waals surface area contributed by atoms with Crippen molar-refractivity contribution in [2.24, 2.45) is 0 Å². The van der Waals surface area contributed by atoms with Gasteiger partial charge in [0.25, 0.3) is 5.69 Å². The van der Waals surface area contributed by atoms with Crippen LogP contribution >= 0.6 is 0 Å². The number of benzene rings is 2. The number of hydrogen-bond acceptors (Lipinski definition) is 5. The van der Waals surface area contributed by atoms with Crippen molar-refractivity contribution in [3.05, 3.63) is 81.7 Å². The molecule has 2 aromatic carbocycles. The van der Waals surface area contributed by atoms with E-state index in [9.17, 15) is 10.1 Å². The maximum atomic E-state index is 10.7. The number of nitro benzene ring substituents is 1. The lowest BCUT2D eigenvalue weighted by atomic mass is 10.2. The summed E-state index contributed by atoms with van der Waals surface area (Å²) in [6, 6.07) is 16.4. The lowest BCUT2D eigenvalue weighted by Crippen LogP contribution is -2.36. The molecule has 6 heteroatoms. The number of hydrogen-bond donors (Lipinski definition) is 0. The van der Waals surface area contributed by atoms with Gasteiger partial charge >= 0.3 is 0 Å². The van der Waals surface area contributed by atoms with Gasteiger partial charge in [0.05, 0.1) is 18.1 Å². The molecule has 2 aromatic rings. The third-order valence-electron chi connectivity index (χ3n) is 3.95. The van der Waals surface area contributed by atoms with Crippen molar-refractivity contribution < 1.29 is 14.4 Å². The second-order valence-corrected chi connectivity index (χ2v) is 5.70. The first-order valence-electron chi connectivity index (χ1n) is 8.18. The van der Waals surface area contributed by atoms with Gasteiger partial charge < -0.3 is 14.4 Å². The summed E-state index contributed by atoms with van der Waals surface area (Å²) < 4.78 is 11.4. The first-order chi connectivity index (χ1) is 12.2. The van der Waals surface area contributed by atoms with Gasteiger partial charge in [-0.25, -0.2) is 0 Å². The Kier molecular flexibility index (Phi) is 5.64. The normalized spacial score (nSPS) is 15.0. The van der Waals surface area contributed by atoms with E-state index in [0.29, 0.717) is 19.8 Å². The Bertz CT molecular complexity index is 723. The summed E-state index contributed by atoms with van der Waals surface area (Å²) in [4.78, 5) is 12.5. The predicted octanol–water partition coefficient (Wildman–Crippen LogP) is 3.44. The SMILES string of the molecule is O=[N+]([O-])c1ccc(CO/C(=C\c2ccccc2)N2CCOCC2)cc1. The molecule has 130 valence electrons. The molecule has 0 atom stereocenters. The topological polar surface area (TPSA) is 64.8 Å². The van der Waals surface area contributed by atoms with Gasteiger partial charge in [0.1, 0.15) is 6.61 Å². The first kappa shape index (κ1) is 17.0. The Morgan fingerprint density at radius 2 is 1.80 bits per heavy atom. The van der Waals surface area contributed by atoms with Crippen molar-refractivity contribution >= 4 is 11.8 Å². The van der Waals surface area contributed by atoms with E-state index in [4.69, 9.17) is 9.47 Å². The number of nitro groups is 1. The van der Waals surface area contributed by atoms with Crippen molar-refractivity contribution in [2.45, 2.75) is 6.61 Å². The molecule has 1 saturated heterocycles. The maximum Gasteiger partial charge on any atom is 0.269 e. The fourth-order valence-electron chi connectivity index (χ4n) is 2.57. The van der Waals surface area contributed by atoms with Crippen LogP contribution in [-0.4, -0.2) is 36.1 Å². The quantitative estimate of drug-likeness (QED) is 0.458. The zero-order valence-corrected chi connectivity index (χ0v) is 13.8. The number of nitrogens with zero attached hydrogens (tertiary/aromatic N) is 2. The summed E-state index contributed by atoms with van der Waals surface area (Å²) in [6.07, 6.45) is 2.01. The molecule has 0 radical (unpaired) electrons. The summed E-state index contributed by atoms with van der Waals surface area (Å²) in [5, 5.41) is 10.7. The Morgan fingerprint density at radius 3 is 2.44 bits per heavy atom. The standard InChI is InChI=1S/C19H20N2O4/c22-21(23)18-8-6-17(7-9-18)15-25-19(20-10-12-24-13-11-20)14-16-4-2-1-3-5-16/h1-9,14H,10-13,15H2/b19-14-. The number of non-ortho nitro benzene ring substituents is 1. The summed E-state index contributed by atoms with van der Waals surface area (Å²) >= 11 is 0. The Labute approximate surface area is 146 Å². The van der Waals surface area contributed by atoms with Crippen LogP contribution in [-0.2, 0) is 16.1 Å². The highest BCUT2D eigenvalue weighted by molar-refractivity contribution is 5.50. The van der Waals surface area contributed by atoms with Gasteiger partial charge in [-0.3, -0.25) is 10.1 Å². The molecule has 0 aliphatic carbocycles. The molecular weight excluding hydrogens is 320 g/mol. The molecule has 3 rings (SSSR count). The first-order valence-corrected chi connectivity index (χ1v) is 8.18. The maximum absolute atomic E-state index is 10.7. The van der Waals surface area contributed by atoms with E-state index in [0.717, 1.165) is 30.1 Å². The molecule has 1 heterocycles. The zero-order valence-electron chi connectivity index (χ0n) is 13.8. The fraction of sp³-hybridized carbons (Fsp3) is 0.263. The van der Waals surface area contributed by atoms with Crippen molar-refractivity contribution in [1.82, 2.24) is 4.90 Å². The van der Waals surface area contributed by atoms with Gasteiger partial charge in [0, 0.05) is 31.3 Å². The smallest absolute Gasteiger partial charge is 0.269 e. The van der Waals surface area contributed by atoms with Crippen LogP contribution in [0, 0.1) is 10.1 Å². The lowest BCUT2D eigenvalue weighted by Gasteiger charge is -2.30. The number of rotatable bonds is 6. The molecule has 0 unspecified atom stereocenters. The second-order valence-electron chi connectivity index (χ2n) is 5.70. The van der Waals surface area contributed by atoms with E-state index in [-0.39, 0.29) is 5.69 Å². The van der Waals surface area contributed by atoms with Crippen LogP contribution in [0.3, 0.4) is 0 Å². The van der Waals surface area contributed by atoms with Crippen molar-refractivity contribution in [3.63, 3.8) is 0 Å². The van der Waals surface area contributed by atoms with Crippen molar-refractivity contribution in [1.29, 1.82) is 0 Å². The van der Waals surface area contributed by atoms with E-state index >= 15 is 0 Å². The molecule has 0 amide bonds. The van der Waals surface area contributed by atoms with E-state index in [1.807, 2.05) is 36.4 Å². The highest BCUT2D eigenvalue weighted by Crippen LogP contribution is 2.18. The third kappa shape index (κ3) is 4.81. The third-order valence-corrected chi connectivity index (χ3v) is 3.95. The van der Waals surface area contributed by atoms with Gasteiger partial charge in [-0.15, -0.1) is 0 Å². The molecule has 25 heavy (non-hydrogen) atoms. The van der Waals surface area contributed by atoms with E-state index in [2.05, 4.69) is 4.90 Å². The molecule has 0 aromatic heterocycles. The van der Waals surface area contributed by atoms with E-state index in [1.54, 1.807) is 12.1 Å². The minimum Gasteiger partial charge on any atom is -0.474 e. The van der Waals surface area contributed by atoms with Crippen molar-refractivity contribution in [3.8, 4) is 0 Å². The van der Waals surface area contributed by atoms with Gasteiger partial charge in [0.15, 0.2) is 5.88 Å². The summed E-state index contributed by atoms with van der Waals surface area (Å²) in [5.41, 5.74) is 2.03. The molecule has 1 aliphatic rings. The van der Waals surface area contributed by atoms with Crippen LogP contribution in [0.1, 0.15) is 11.1 Å². The summed E-state index contributed by atoms with van der Waals surface area (Å²) in [7, 11) is 0. The van der Waals surface area contributed by atoms with Crippen LogP contribution in [0.25, 0.3) is 6.08 Å². The Balaban J connectivity index is 1.73. The molecule has 0 N–H and O–H groups in total. The Morgan fingerprint density at radius 1 is 1.12 bits per heavy atom. The van der Waals surface area contributed by atoms with Gasteiger partial charge in [-0.05, 0) is 23.3 Å². The molecular formula is C19H20N2O4. The Hall–Kier alpha value is -2.86. The summed E-state index contributed by atoms with van der Waals surface area (Å²) in [6.45, 7) is 3.26. The number of morpholine rings is 1. The van der Waals surface area contributed by atoms with Crippen LogP contribution < -0.4 is 0 Å². The molecule has 1 aliphatic heterocycles. The van der Waals surface area contributed by atoms with E-state index < -0.39 is 4.92 Å². The van der Waals surface area contributed by atoms with Crippen LogP contribution in [0.5, 0.6) is 0 Å². The minimum atomic E-state index is -0.404. The lowest BCUT2D eigenvalue weighted by molar-refractivity contribution is -0.384. The molecule has 0 spiro atoms. The zero-order chi connectivity index (χ0) is 17.5. The number of ether oxygens (including phenoxy) is 2. The van der Waals surface area contributed by atoms with Crippen LogP contribution in [0.4, 0.5) is 5.69 Å². The fourth-order valence-corrected chi connectivity index (χ4v) is 2.57. The molecule has 6 nitrogen and oxygen atoms in total. The van der Waals surface area contributed by atoms with Gasteiger partial charge in [-0.1, -0.05) is 30.3 Å². The molecule has 0 saturated carbocycles. The highest BCUT2D eigenvalue weighted by atomic mass is 16.6. The van der Waals surface area contributed by atoms with Gasteiger partial charge in [-0.2, -0.15) is 0 Å². The second kappa shape index (κ2) is 8.30. The van der Waals surface area contributed by atoms with Gasteiger partial charge in [0.2, 0.25) is 0 Å². The van der Waals surface area contributed by atoms with Crippen LogP contribution in [0.15, 0.2) is 60.5 Å². The average Bonchev–Trinajstić information content (AvgIpc) is 2.67. The van der Waals surface area contributed by atoms with Crippen LogP contribution in [0.2, 0.25) is 0 Å². The molecule has 1 fully saturated rings. The highest BCUT2D eigenvalue weighted by Gasteiger charge is 2.15. The largest absolute Gasteiger partial charge is 0.474 e. The monoisotopic (exact) mass is 340 g/mol. The molecule has 0 bridgehead atoms. The minimum absolute atomic E-state index is 0.0805. The average molecular weight is 340 g/mol.